The van der Waals surface area contributed by atoms with E-state index in [2.05, 4.69) is 30.6 Å². The van der Waals surface area contributed by atoms with Crippen molar-refractivity contribution < 1.29 is 116 Å². The van der Waals surface area contributed by atoms with Crippen molar-refractivity contribution in [2.45, 2.75) is 102 Å². The zero-order valence-electron chi connectivity index (χ0n) is 39.4. The second kappa shape index (κ2) is 31.1. The third-order valence-corrected chi connectivity index (χ3v) is 11.4. The predicted octanol–water partition coefficient (Wildman–Crippen LogP) is -4.55. The number of aliphatic carboxylic acids is 7. The first-order valence-corrected chi connectivity index (χ1v) is 21.9. The van der Waals surface area contributed by atoms with Crippen LogP contribution in [0.3, 0.4) is 0 Å². The van der Waals surface area contributed by atoms with E-state index >= 15 is 0 Å². The van der Waals surface area contributed by atoms with Crippen molar-refractivity contribution >= 4 is 65.5 Å². The molecule has 0 radical (unpaired) electrons. The minimum absolute atomic E-state index is 0.0822. The van der Waals surface area contributed by atoms with Crippen LogP contribution in [0.4, 0.5) is 4.79 Å². The van der Waals surface area contributed by atoms with Crippen molar-refractivity contribution in [2.75, 3.05) is 39.3 Å². The van der Waals surface area contributed by atoms with E-state index in [1.165, 1.54) is 0 Å². The number of carboxylic acid groups (broad SMARTS) is 7. The summed E-state index contributed by atoms with van der Waals surface area (Å²) in [4.78, 5) is 133. The molecule has 32 nitrogen and oxygen atoms in total. The molecule has 2 aliphatic rings. The summed E-state index contributed by atoms with van der Waals surface area (Å²) in [7, 11) is 0. The van der Waals surface area contributed by atoms with E-state index in [1.54, 1.807) is 33.9 Å². The zero-order chi connectivity index (χ0) is 56.5. The molecule has 0 saturated carbocycles. The fraction of sp³-hybridized carbons (Fsp3) is 0.524. The van der Waals surface area contributed by atoms with E-state index in [0.717, 1.165) is 0 Å². The number of amides is 5. The van der Waals surface area contributed by atoms with Crippen LogP contribution in [0.25, 0.3) is 0 Å². The zero-order valence-corrected chi connectivity index (χ0v) is 39.4. The Morgan fingerprint density at radius 1 is 0.622 bits per heavy atom. The Hall–Kier alpha value is -8.47. The standard InChI is InChI=1S/C39H53N11O18.3CO/c40-23(35(63)41-9-3-1-6-24(36(64)65)42-38(68)43-25(37(66)67)7-8-30(53)54)5-2-4-14-50-21-26-44(15-28(51)46(17-31(55)56)18-32(57)58)10-12-48(26)39(50)49-13-11-45(27(49)22-50)16-29(52)47(19-33(59)60)20-34(61)62;3*1-2/h10-13,23-25,39H,1-9,14-22,40H2,(H7-3,41,42,43,53,54,55,56,57,58,59,60,61,62,63,64,65,66,67,68);;;/p+3/t23-,24-,25-,39?,50?;;;/m0.../s1. The number of aromatic nitrogens is 4. The number of nitrogens with one attached hydrogen (secondary N) is 3. The normalized spacial score (nSPS) is 15.5. The number of urea groups is 1. The fourth-order valence-corrected chi connectivity index (χ4v) is 8.20. The second-order valence-electron chi connectivity index (χ2n) is 16.4. The number of quaternary nitrogens is 1. The molecule has 0 spiro atoms. The number of imidazole rings is 2. The van der Waals surface area contributed by atoms with Gasteiger partial charge in [-0.2, -0.15) is 0 Å². The van der Waals surface area contributed by atoms with Crippen LogP contribution in [0.1, 0.15) is 69.3 Å². The molecule has 2 aliphatic heterocycles. The summed E-state index contributed by atoms with van der Waals surface area (Å²) >= 11 is 0. The second-order valence-corrected chi connectivity index (χ2v) is 16.4. The number of hydrogen-bond donors (Lipinski definition) is 11. The van der Waals surface area contributed by atoms with Crippen molar-refractivity contribution in [3.8, 4) is 0 Å². The van der Waals surface area contributed by atoms with Crippen molar-refractivity contribution in [1.29, 1.82) is 0 Å². The topological polar surface area (TPSA) is 475 Å². The Morgan fingerprint density at radius 3 is 1.42 bits per heavy atom. The molecule has 4 heterocycles. The van der Waals surface area contributed by atoms with Crippen LogP contribution in [0.15, 0.2) is 24.8 Å². The average molecular weight is 1050 g/mol. The molecule has 12 N–H and O–H groups in total. The molecule has 2 aromatic rings. The van der Waals surface area contributed by atoms with Gasteiger partial charge in [-0.05, 0) is 44.9 Å². The van der Waals surface area contributed by atoms with Crippen molar-refractivity contribution in [3.05, 3.63) is 56.4 Å². The van der Waals surface area contributed by atoms with Gasteiger partial charge < -0.3 is 67.2 Å². The average Bonchev–Trinajstić information content (AvgIpc) is 4.07. The first-order valence-electron chi connectivity index (χ1n) is 21.9. The van der Waals surface area contributed by atoms with E-state index in [9.17, 15) is 83.4 Å². The molecule has 74 heavy (non-hydrogen) atoms. The van der Waals surface area contributed by atoms with Gasteiger partial charge in [0.1, 0.15) is 63.1 Å². The van der Waals surface area contributed by atoms with Gasteiger partial charge >= 0.3 is 99.7 Å². The molecule has 3 atom stereocenters. The molecule has 0 aliphatic carbocycles. The molecule has 0 fully saturated rings. The van der Waals surface area contributed by atoms with E-state index < -0.39 is 129 Å². The molecule has 5 amide bonds. The summed E-state index contributed by atoms with van der Waals surface area (Å²) in [6, 6.07) is -5.02. The summed E-state index contributed by atoms with van der Waals surface area (Å²) in [5, 5.41) is 71.6. The summed E-state index contributed by atoms with van der Waals surface area (Å²) in [5.41, 5.74) is 6.22. The number of carboxylic acids is 7. The van der Waals surface area contributed by atoms with E-state index in [0.29, 0.717) is 40.8 Å². The van der Waals surface area contributed by atoms with Crippen molar-refractivity contribution in [1.82, 2.24) is 34.9 Å². The third-order valence-electron chi connectivity index (χ3n) is 11.4. The van der Waals surface area contributed by atoms with Crippen LogP contribution < -0.4 is 30.8 Å². The fourth-order valence-electron chi connectivity index (χ4n) is 8.20. The van der Waals surface area contributed by atoms with Gasteiger partial charge in [0.05, 0.1) is 12.6 Å². The molecule has 32 heteroatoms. The first kappa shape index (κ1) is 63.5. The summed E-state index contributed by atoms with van der Waals surface area (Å²) < 4.78 is 29.7. The van der Waals surface area contributed by atoms with Gasteiger partial charge in [0.25, 0.3) is 11.8 Å². The van der Waals surface area contributed by atoms with Crippen LogP contribution >= 0.6 is 0 Å². The number of carbonyl (C=O) groups is 11. The van der Waals surface area contributed by atoms with Crippen LogP contribution in [-0.2, 0) is 88.1 Å². The molecule has 0 saturated heterocycles. The van der Waals surface area contributed by atoms with Crippen LogP contribution in [0.5, 0.6) is 0 Å². The monoisotopic (exact) mass is 1050 g/mol. The first-order chi connectivity index (χ1) is 35.0. The summed E-state index contributed by atoms with van der Waals surface area (Å²) in [6.07, 6.45) is 6.77. The van der Waals surface area contributed by atoms with Gasteiger partial charge in [0.15, 0.2) is 26.2 Å². The van der Waals surface area contributed by atoms with Gasteiger partial charge in [0.2, 0.25) is 5.91 Å². The maximum atomic E-state index is 13.2. The molecule has 0 bridgehead atoms. The Bertz CT molecular complexity index is 2280. The number of nitrogens with two attached hydrogens (primary N) is 1. The molecular formula is C42H56N11O21+3. The molecule has 2 aromatic heterocycles. The molecule has 0 unspecified atom stereocenters. The molecule has 4 rings (SSSR count). The summed E-state index contributed by atoms with van der Waals surface area (Å²) in [5.74, 6) is -10.5. The minimum atomic E-state index is -1.56. The number of nitrogens with zero attached hydrogens (tertiary/aromatic N) is 7. The number of hydrogen-bond acceptors (Lipinski definition) is 12. The Balaban J connectivity index is 0.00000439. The maximum absolute atomic E-state index is 13.2. The predicted molar refractivity (Wildman–Crippen MR) is 232 cm³/mol. The number of unbranched alkanes of at least 4 members (excludes halogenated alkanes) is 2. The Kier molecular flexibility index (Phi) is 26.7. The van der Waals surface area contributed by atoms with E-state index in [1.807, 2.05) is 14.5 Å². The molecule has 0 aromatic carbocycles. The SMILES string of the molecule is N[C@@H](CCCC[N+]12Cc3n(cc[n+]3CC(=O)N(CC(=O)O)CC(=O)O)C1n1cc[n+](CC(=O)N(CC(=O)O)CC(=O)O)c1C2)C(=O)NCCCC[C@H](NC(=O)N[C@@H](CCC(=O)O)C(=O)O)C(=O)O.[C-]#[O+].[C-]#[O+].[C-]#[O+]. The Labute approximate surface area is 419 Å². The van der Waals surface area contributed by atoms with E-state index in [4.69, 9.17) is 24.8 Å². The number of carbonyl (C=O) groups excluding carboxylic acids is 4. The number of fused-ring (bicyclic) bond motifs is 5. The van der Waals surface area contributed by atoms with Crippen LogP contribution in [0, 0.1) is 20.0 Å². The Morgan fingerprint density at radius 2 is 1.03 bits per heavy atom. The van der Waals surface area contributed by atoms with Crippen molar-refractivity contribution in [3.63, 3.8) is 0 Å². The quantitative estimate of drug-likeness (QED) is 0.0115. The van der Waals surface area contributed by atoms with Gasteiger partial charge in [-0.25, -0.2) is 28.0 Å². The third kappa shape index (κ3) is 18.9. The molecular weight excluding hydrogens is 995 g/mol. The van der Waals surface area contributed by atoms with Gasteiger partial charge in [-0.15, -0.1) is 9.13 Å². The van der Waals surface area contributed by atoms with Gasteiger partial charge in [0, 0.05) is 13.0 Å². The molecule has 402 valence electrons. The number of rotatable bonds is 30. The summed E-state index contributed by atoms with van der Waals surface area (Å²) in [6.45, 7) is 10.5. The van der Waals surface area contributed by atoms with Crippen LogP contribution in [0.2, 0.25) is 0 Å². The van der Waals surface area contributed by atoms with Gasteiger partial charge in [-0.1, -0.05) is 0 Å². The van der Waals surface area contributed by atoms with Crippen molar-refractivity contribution in [2.24, 2.45) is 5.73 Å². The van der Waals surface area contributed by atoms with Crippen LogP contribution in [-0.4, -0.2) is 182 Å². The van der Waals surface area contributed by atoms with Gasteiger partial charge in [-0.3, -0.25) is 38.4 Å². The van der Waals surface area contributed by atoms with E-state index in [-0.39, 0.29) is 62.9 Å².